The van der Waals surface area contributed by atoms with Crippen LogP contribution in [0.2, 0.25) is 0 Å². The van der Waals surface area contributed by atoms with E-state index >= 15 is 0 Å². The Hall–Kier alpha value is -0.900. The smallest absolute Gasteiger partial charge is 0.0723 e. The van der Waals surface area contributed by atoms with E-state index in [0.29, 0.717) is 19.8 Å². The molecule has 0 aliphatic rings. The zero-order chi connectivity index (χ0) is 13.2. The summed E-state index contributed by atoms with van der Waals surface area (Å²) < 4.78 is 16.6. The number of ether oxygens (including phenoxy) is 3. The minimum absolute atomic E-state index is 0.627. The summed E-state index contributed by atoms with van der Waals surface area (Å²) in [5.74, 6) is 0. The van der Waals surface area contributed by atoms with Crippen molar-refractivity contribution in [3.63, 3.8) is 0 Å². The fourth-order valence-electron chi connectivity index (χ4n) is 1.77. The third kappa shape index (κ3) is 4.77. The molecule has 0 unspecified atom stereocenters. The van der Waals surface area contributed by atoms with Gasteiger partial charge in [-0.3, -0.25) is 0 Å². The predicted molar refractivity (Wildman–Crippen MR) is 72.4 cm³/mol. The first-order chi connectivity index (χ1) is 8.83. The van der Waals surface area contributed by atoms with E-state index in [1.54, 1.807) is 0 Å². The van der Waals surface area contributed by atoms with Crippen LogP contribution >= 0.6 is 0 Å². The van der Waals surface area contributed by atoms with E-state index in [9.17, 15) is 0 Å². The van der Waals surface area contributed by atoms with Gasteiger partial charge in [-0.05, 0) is 37.5 Å². The second-order valence-corrected chi connectivity index (χ2v) is 3.97. The maximum absolute atomic E-state index is 5.55. The Balaban J connectivity index is 2.85. The Kier molecular flexibility index (Phi) is 7.65. The van der Waals surface area contributed by atoms with Gasteiger partial charge in [0.1, 0.15) is 0 Å². The largest absolute Gasteiger partial charge is 0.377 e. The average molecular weight is 252 g/mol. The molecular weight excluding hydrogens is 228 g/mol. The molecule has 18 heavy (non-hydrogen) atoms. The predicted octanol–water partition coefficient (Wildman–Crippen LogP) is 3.30. The van der Waals surface area contributed by atoms with Gasteiger partial charge in [-0.1, -0.05) is 18.2 Å². The zero-order valence-corrected chi connectivity index (χ0v) is 11.7. The van der Waals surface area contributed by atoms with Crippen molar-refractivity contribution in [2.45, 2.75) is 40.6 Å². The summed E-state index contributed by atoms with van der Waals surface area (Å²) in [5.41, 5.74) is 3.60. The molecule has 0 saturated heterocycles. The van der Waals surface area contributed by atoms with E-state index in [1.807, 2.05) is 20.8 Å². The molecule has 0 bridgehead atoms. The molecule has 0 aliphatic carbocycles. The molecule has 0 amide bonds. The van der Waals surface area contributed by atoms with Crippen LogP contribution in [0.1, 0.15) is 37.5 Å². The molecular formula is C15H24O3. The highest BCUT2D eigenvalue weighted by Crippen LogP contribution is 2.18. The molecule has 1 aromatic carbocycles. The maximum atomic E-state index is 5.55. The van der Waals surface area contributed by atoms with Crippen LogP contribution in [0.3, 0.4) is 0 Å². The Morgan fingerprint density at radius 3 is 1.61 bits per heavy atom. The van der Waals surface area contributed by atoms with Gasteiger partial charge >= 0.3 is 0 Å². The first kappa shape index (κ1) is 15.2. The number of benzene rings is 1. The third-order valence-electron chi connectivity index (χ3n) is 2.74. The quantitative estimate of drug-likeness (QED) is 0.675. The van der Waals surface area contributed by atoms with Gasteiger partial charge in [0.05, 0.1) is 19.8 Å². The molecule has 0 N–H and O–H groups in total. The van der Waals surface area contributed by atoms with E-state index in [0.717, 1.165) is 19.8 Å². The van der Waals surface area contributed by atoms with E-state index in [4.69, 9.17) is 14.2 Å². The van der Waals surface area contributed by atoms with Crippen LogP contribution in [0.15, 0.2) is 18.2 Å². The maximum Gasteiger partial charge on any atom is 0.0723 e. The molecule has 102 valence electrons. The Morgan fingerprint density at radius 2 is 1.17 bits per heavy atom. The number of hydrogen-bond acceptors (Lipinski definition) is 3. The zero-order valence-electron chi connectivity index (χ0n) is 11.7. The van der Waals surface area contributed by atoms with Crippen LogP contribution in [0.5, 0.6) is 0 Å². The molecule has 0 spiro atoms. The van der Waals surface area contributed by atoms with Crippen LogP contribution in [-0.4, -0.2) is 19.8 Å². The molecule has 1 rings (SSSR count). The SMILES string of the molecule is CCOCc1cccc(COCC)c1COCC. The summed E-state index contributed by atoms with van der Waals surface area (Å²) in [6.07, 6.45) is 0. The van der Waals surface area contributed by atoms with Crippen molar-refractivity contribution in [2.24, 2.45) is 0 Å². The Bertz CT molecular complexity index is 310. The van der Waals surface area contributed by atoms with Crippen LogP contribution in [0, 0.1) is 0 Å². The fourth-order valence-corrected chi connectivity index (χ4v) is 1.77. The normalized spacial score (nSPS) is 10.8. The van der Waals surface area contributed by atoms with Crippen molar-refractivity contribution in [1.82, 2.24) is 0 Å². The van der Waals surface area contributed by atoms with Gasteiger partial charge in [0.2, 0.25) is 0 Å². The van der Waals surface area contributed by atoms with Crippen molar-refractivity contribution in [3.05, 3.63) is 34.9 Å². The van der Waals surface area contributed by atoms with Crippen molar-refractivity contribution >= 4 is 0 Å². The molecule has 3 nitrogen and oxygen atoms in total. The molecule has 0 heterocycles. The Morgan fingerprint density at radius 1 is 0.722 bits per heavy atom. The monoisotopic (exact) mass is 252 g/mol. The van der Waals surface area contributed by atoms with Crippen molar-refractivity contribution in [3.8, 4) is 0 Å². The van der Waals surface area contributed by atoms with E-state index < -0.39 is 0 Å². The molecule has 0 saturated carbocycles. The highest BCUT2D eigenvalue weighted by molar-refractivity contribution is 5.34. The first-order valence-electron chi connectivity index (χ1n) is 6.66. The van der Waals surface area contributed by atoms with E-state index in [-0.39, 0.29) is 0 Å². The van der Waals surface area contributed by atoms with Crippen LogP contribution in [0.4, 0.5) is 0 Å². The lowest BCUT2D eigenvalue weighted by Crippen LogP contribution is -2.06. The summed E-state index contributed by atoms with van der Waals surface area (Å²) in [6, 6.07) is 6.25. The minimum atomic E-state index is 0.627. The van der Waals surface area contributed by atoms with Gasteiger partial charge in [-0.15, -0.1) is 0 Å². The second kappa shape index (κ2) is 9.09. The van der Waals surface area contributed by atoms with E-state index in [1.165, 1.54) is 16.7 Å². The molecule has 0 aliphatic heterocycles. The summed E-state index contributed by atoms with van der Waals surface area (Å²) in [7, 11) is 0. The molecule has 0 fully saturated rings. The van der Waals surface area contributed by atoms with Gasteiger partial charge in [0.25, 0.3) is 0 Å². The molecule has 0 atom stereocenters. The van der Waals surface area contributed by atoms with E-state index in [2.05, 4.69) is 18.2 Å². The van der Waals surface area contributed by atoms with Gasteiger partial charge < -0.3 is 14.2 Å². The summed E-state index contributed by atoms with van der Waals surface area (Å²) in [6.45, 7) is 10.1. The third-order valence-corrected chi connectivity index (χ3v) is 2.74. The van der Waals surface area contributed by atoms with Crippen molar-refractivity contribution < 1.29 is 14.2 Å². The highest BCUT2D eigenvalue weighted by Gasteiger charge is 2.08. The standard InChI is InChI=1S/C15H24O3/c1-4-16-10-13-8-7-9-14(11-17-5-2)15(13)12-18-6-3/h7-9H,4-6,10-12H2,1-3H3. The second-order valence-electron chi connectivity index (χ2n) is 3.97. The molecule has 1 aromatic rings. The van der Waals surface area contributed by atoms with Crippen LogP contribution < -0.4 is 0 Å². The lowest BCUT2D eigenvalue weighted by Gasteiger charge is -2.15. The lowest BCUT2D eigenvalue weighted by atomic mass is 10.0. The Labute approximate surface area is 110 Å². The average Bonchev–Trinajstić information content (AvgIpc) is 2.41. The fraction of sp³-hybridized carbons (Fsp3) is 0.600. The first-order valence-corrected chi connectivity index (χ1v) is 6.66. The number of hydrogen-bond donors (Lipinski definition) is 0. The highest BCUT2D eigenvalue weighted by atomic mass is 16.5. The molecule has 0 radical (unpaired) electrons. The minimum Gasteiger partial charge on any atom is -0.377 e. The summed E-state index contributed by atoms with van der Waals surface area (Å²) in [4.78, 5) is 0. The van der Waals surface area contributed by atoms with Gasteiger partial charge in [-0.25, -0.2) is 0 Å². The van der Waals surface area contributed by atoms with Gasteiger partial charge in [0, 0.05) is 19.8 Å². The van der Waals surface area contributed by atoms with Crippen molar-refractivity contribution in [1.29, 1.82) is 0 Å². The van der Waals surface area contributed by atoms with Crippen LogP contribution in [0.25, 0.3) is 0 Å². The van der Waals surface area contributed by atoms with Gasteiger partial charge in [0.15, 0.2) is 0 Å². The summed E-state index contributed by atoms with van der Waals surface area (Å²) >= 11 is 0. The molecule has 3 heteroatoms. The lowest BCUT2D eigenvalue weighted by molar-refractivity contribution is 0.111. The van der Waals surface area contributed by atoms with Gasteiger partial charge in [-0.2, -0.15) is 0 Å². The summed E-state index contributed by atoms with van der Waals surface area (Å²) in [5, 5.41) is 0. The van der Waals surface area contributed by atoms with Crippen molar-refractivity contribution in [2.75, 3.05) is 19.8 Å². The van der Waals surface area contributed by atoms with Crippen LogP contribution in [-0.2, 0) is 34.0 Å². The number of rotatable bonds is 9. The topological polar surface area (TPSA) is 27.7 Å². The molecule has 0 aromatic heterocycles.